The highest BCUT2D eigenvalue weighted by molar-refractivity contribution is 5.25. The Hall–Kier alpha value is -0.380. The maximum absolute atomic E-state index is 10.3. The van der Waals surface area contributed by atoms with Crippen LogP contribution in [0.5, 0.6) is 0 Å². The van der Waals surface area contributed by atoms with E-state index in [1.54, 1.807) is 5.57 Å². The molecule has 1 heterocycles. The number of rotatable bonds is 4. The second-order valence-corrected chi connectivity index (χ2v) is 13.1. The number of aliphatic hydroxyl groups excluding tert-OH is 1. The minimum atomic E-state index is -0.0999. The standard InChI is InChI=1S/C29H48O3/c1-18(2)27-26(31-14-15-32-27)16-19(3)23-8-9-24-22-7-6-20-17-21(30)10-12-28(20,4)25(22)11-13-29(23,24)5/h6,18-19,21-27,30H,7-17H2,1-5H3/t19-,21+,22+,23-,24+,25+,26?,27?,28+,29-/m1/s1. The quantitative estimate of drug-likeness (QED) is 0.510. The van der Waals surface area contributed by atoms with Gasteiger partial charge in [0.1, 0.15) is 0 Å². The maximum Gasteiger partial charge on any atom is 0.0860 e. The third kappa shape index (κ3) is 3.73. The predicted molar refractivity (Wildman–Crippen MR) is 129 cm³/mol. The molecule has 4 aliphatic carbocycles. The van der Waals surface area contributed by atoms with E-state index in [0.29, 0.717) is 22.7 Å². The minimum absolute atomic E-state index is 0.0999. The summed E-state index contributed by atoms with van der Waals surface area (Å²) in [7, 11) is 0. The molecule has 4 fully saturated rings. The lowest BCUT2D eigenvalue weighted by Gasteiger charge is -2.58. The lowest BCUT2D eigenvalue weighted by Crippen LogP contribution is -2.51. The Bertz CT molecular complexity index is 715. The Morgan fingerprint density at radius 1 is 1.00 bits per heavy atom. The highest BCUT2D eigenvalue weighted by Crippen LogP contribution is 2.67. The molecule has 3 heteroatoms. The number of fused-ring (bicyclic) bond motifs is 5. The zero-order valence-electron chi connectivity index (χ0n) is 21.3. The van der Waals surface area contributed by atoms with Gasteiger partial charge >= 0.3 is 0 Å². The molecule has 0 aromatic heterocycles. The van der Waals surface area contributed by atoms with Gasteiger partial charge in [-0.3, -0.25) is 0 Å². The van der Waals surface area contributed by atoms with Crippen LogP contribution in [0.25, 0.3) is 0 Å². The van der Waals surface area contributed by atoms with E-state index in [-0.39, 0.29) is 18.3 Å². The molecule has 32 heavy (non-hydrogen) atoms. The average Bonchev–Trinajstić information content (AvgIpc) is 3.12. The number of ether oxygens (including phenoxy) is 2. The summed E-state index contributed by atoms with van der Waals surface area (Å²) in [5.41, 5.74) is 2.43. The largest absolute Gasteiger partial charge is 0.393 e. The fraction of sp³-hybridized carbons (Fsp3) is 0.931. The molecule has 0 aromatic rings. The van der Waals surface area contributed by atoms with Crippen LogP contribution in [0.1, 0.15) is 92.4 Å². The number of aliphatic hydroxyl groups is 1. The predicted octanol–water partition coefficient (Wildman–Crippen LogP) is 6.39. The zero-order chi connectivity index (χ0) is 22.7. The number of hydrogen-bond acceptors (Lipinski definition) is 3. The van der Waals surface area contributed by atoms with Gasteiger partial charge in [-0.15, -0.1) is 0 Å². The fourth-order valence-electron chi connectivity index (χ4n) is 9.56. The van der Waals surface area contributed by atoms with Gasteiger partial charge < -0.3 is 14.6 Å². The molecule has 0 spiro atoms. The molecule has 0 bridgehead atoms. The van der Waals surface area contributed by atoms with Crippen molar-refractivity contribution in [3.8, 4) is 0 Å². The summed E-state index contributed by atoms with van der Waals surface area (Å²) in [6.07, 6.45) is 14.2. The normalized spacial score (nSPS) is 49.7. The lowest BCUT2D eigenvalue weighted by atomic mass is 9.47. The molecule has 5 rings (SSSR count). The van der Waals surface area contributed by atoms with E-state index in [2.05, 4.69) is 40.7 Å². The summed E-state index contributed by atoms with van der Waals surface area (Å²) in [4.78, 5) is 0. The Balaban J connectivity index is 1.32. The van der Waals surface area contributed by atoms with Crippen molar-refractivity contribution in [2.75, 3.05) is 13.2 Å². The summed E-state index contributed by atoms with van der Waals surface area (Å²) in [6, 6.07) is 0. The molecule has 1 aliphatic heterocycles. The van der Waals surface area contributed by atoms with Crippen LogP contribution in [-0.2, 0) is 9.47 Å². The van der Waals surface area contributed by atoms with Crippen LogP contribution in [0.3, 0.4) is 0 Å². The van der Waals surface area contributed by atoms with Crippen molar-refractivity contribution in [2.45, 2.75) is 111 Å². The topological polar surface area (TPSA) is 38.7 Å². The number of allylic oxidation sites excluding steroid dienone is 1. The third-order valence-corrected chi connectivity index (χ3v) is 11.2. The van der Waals surface area contributed by atoms with Crippen LogP contribution in [0.2, 0.25) is 0 Å². The first-order valence-corrected chi connectivity index (χ1v) is 13.8. The van der Waals surface area contributed by atoms with Crippen molar-refractivity contribution in [1.82, 2.24) is 0 Å². The second kappa shape index (κ2) is 8.68. The Kier molecular flexibility index (Phi) is 6.34. The Morgan fingerprint density at radius 2 is 1.78 bits per heavy atom. The molecule has 0 aromatic carbocycles. The monoisotopic (exact) mass is 444 g/mol. The Labute approximate surface area is 196 Å². The molecule has 5 aliphatic rings. The SMILES string of the molecule is CC(C)C1OCCOC1C[C@@H](C)[C@H]1CC[C@H]2[C@@H]3CC=C4C[C@@H](O)CC[C@]4(C)[C@H]3CC[C@]12C. The summed E-state index contributed by atoms with van der Waals surface area (Å²) >= 11 is 0. The van der Waals surface area contributed by atoms with Gasteiger partial charge in [0.2, 0.25) is 0 Å². The zero-order valence-corrected chi connectivity index (χ0v) is 21.3. The highest BCUT2D eigenvalue weighted by Gasteiger charge is 2.59. The molecule has 2 unspecified atom stereocenters. The van der Waals surface area contributed by atoms with E-state index in [1.165, 1.54) is 38.5 Å². The van der Waals surface area contributed by atoms with Crippen molar-refractivity contribution in [2.24, 2.45) is 46.3 Å². The van der Waals surface area contributed by atoms with Gasteiger partial charge in [-0.05, 0) is 104 Å². The lowest BCUT2D eigenvalue weighted by molar-refractivity contribution is -0.163. The highest BCUT2D eigenvalue weighted by atomic mass is 16.6. The van der Waals surface area contributed by atoms with Gasteiger partial charge in [-0.1, -0.05) is 46.3 Å². The second-order valence-electron chi connectivity index (χ2n) is 13.1. The van der Waals surface area contributed by atoms with Crippen LogP contribution in [0, 0.1) is 46.3 Å². The van der Waals surface area contributed by atoms with Gasteiger partial charge in [0.25, 0.3) is 0 Å². The first-order chi connectivity index (χ1) is 15.2. The third-order valence-electron chi connectivity index (χ3n) is 11.2. The Morgan fingerprint density at radius 3 is 2.56 bits per heavy atom. The van der Waals surface area contributed by atoms with Gasteiger partial charge in [-0.25, -0.2) is 0 Å². The van der Waals surface area contributed by atoms with E-state index in [1.807, 2.05) is 0 Å². The molecule has 182 valence electrons. The first-order valence-electron chi connectivity index (χ1n) is 13.8. The van der Waals surface area contributed by atoms with E-state index in [4.69, 9.17) is 9.47 Å². The molecule has 0 radical (unpaired) electrons. The summed E-state index contributed by atoms with van der Waals surface area (Å²) in [5, 5.41) is 10.3. The van der Waals surface area contributed by atoms with Crippen molar-refractivity contribution < 1.29 is 14.6 Å². The van der Waals surface area contributed by atoms with Crippen LogP contribution in [-0.4, -0.2) is 36.6 Å². The average molecular weight is 445 g/mol. The summed E-state index contributed by atoms with van der Waals surface area (Å²) < 4.78 is 12.4. The van der Waals surface area contributed by atoms with E-state index < -0.39 is 0 Å². The van der Waals surface area contributed by atoms with Crippen LogP contribution < -0.4 is 0 Å². The van der Waals surface area contributed by atoms with Gasteiger partial charge in [-0.2, -0.15) is 0 Å². The van der Waals surface area contributed by atoms with Crippen molar-refractivity contribution in [1.29, 1.82) is 0 Å². The van der Waals surface area contributed by atoms with E-state index in [9.17, 15) is 5.11 Å². The van der Waals surface area contributed by atoms with Gasteiger partial charge in [0.15, 0.2) is 0 Å². The minimum Gasteiger partial charge on any atom is -0.393 e. The molecular weight excluding hydrogens is 396 g/mol. The van der Waals surface area contributed by atoms with Crippen molar-refractivity contribution >= 4 is 0 Å². The molecular formula is C29H48O3. The number of hydrogen-bond donors (Lipinski definition) is 1. The van der Waals surface area contributed by atoms with E-state index in [0.717, 1.165) is 56.1 Å². The maximum atomic E-state index is 10.3. The van der Waals surface area contributed by atoms with Crippen LogP contribution in [0.4, 0.5) is 0 Å². The van der Waals surface area contributed by atoms with E-state index >= 15 is 0 Å². The first kappa shape index (κ1) is 23.4. The molecule has 3 nitrogen and oxygen atoms in total. The van der Waals surface area contributed by atoms with Crippen molar-refractivity contribution in [3.63, 3.8) is 0 Å². The molecule has 3 saturated carbocycles. The summed E-state index contributed by atoms with van der Waals surface area (Å²) in [5.74, 6) is 4.60. The smallest absolute Gasteiger partial charge is 0.0860 e. The van der Waals surface area contributed by atoms with Gasteiger partial charge in [0, 0.05) is 0 Å². The summed E-state index contributed by atoms with van der Waals surface area (Å²) in [6.45, 7) is 13.8. The van der Waals surface area contributed by atoms with Crippen LogP contribution >= 0.6 is 0 Å². The fourth-order valence-corrected chi connectivity index (χ4v) is 9.56. The molecule has 0 amide bonds. The molecule has 1 saturated heterocycles. The van der Waals surface area contributed by atoms with Crippen LogP contribution in [0.15, 0.2) is 11.6 Å². The van der Waals surface area contributed by atoms with Crippen molar-refractivity contribution in [3.05, 3.63) is 11.6 Å². The molecule has 10 atom stereocenters. The molecule has 1 N–H and O–H groups in total. The van der Waals surface area contributed by atoms with Gasteiger partial charge in [0.05, 0.1) is 31.5 Å².